The predicted octanol–water partition coefficient (Wildman–Crippen LogP) is 2.75. The van der Waals surface area contributed by atoms with Crippen LogP contribution in [0.5, 0.6) is 5.75 Å². The van der Waals surface area contributed by atoms with Gasteiger partial charge in [-0.2, -0.15) is 5.10 Å². The van der Waals surface area contributed by atoms with Crippen LogP contribution in [0.3, 0.4) is 0 Å². The molecule has 19 heavy (non-hydrogen) atoms. The topological polar surface area (TPSA) is 87.8 Å². The number of phenolic OH excluding ortho intramolecular Hbond substituents is 1. The molecule has 0 bridgehead atoms. The molecule has 0 heterocycles. The van der Waals surface area contributed by atoms with Gasteiger partial charge in [-0.05, 0) is 29.8 Å². The lowest BCUT2D eigenvalue weighted by atomic mass is 10.2. The Balaban J connectivity index is 2.07. The van der Waals surface area contributed by atoms with E-state index in [1.165, 1.54) is 24.4 Å². The molecule has 0 atom stereocenters. The van der Waals surface area contributed by atoms with E-state index in [9.17, 15) is 15.2 Å². The fraction of sp³-hybridized carbons (Fsp3) is 0. The first-order valence-electron chi connectivity index (χ1n) is 5.48. The Kier molecular flexibility index (Phi) is 3.72. The smallest absolute Gasteiger partial charge is 0.310 e. The summed E-state index contributed by atoms with van der Waals surface area (Å²) in [6.07, 6.45) is 1.47. The van der Waals surface area contributed by atoms with Crippen molar-refractivity contribution in [2.24, 2.45) is 5.10 Å². The number of nitro groups is 1. The molecule has 2 aromatic carbocycles. The van der Waals surface area contributed by atoms with Gasteiger partial charge in [0, 0.05) is 6.07 Å². The monoisotopic (exact) mass is 257 g/mol. The third kappa shape index (κ3) is 3.29. The largest absolute Gasteiger partial charge is 0.502 e. The van der Waals surface area contributed by atoms with E-state index in [0.29, 0.717) is 5.56 Å². The molecule has 0 unspecified atom stereocenters. The SMILES string of the molecule is O=[N+]([O-])c1ccc(C=NNc2ccccc2)cc1O. The summed E-state index contributed by atoms with van der Waals surface area (Å²) < 4.78 is 0. The second-order valence-corrected chi connectivity index (χ2v) is 3.74. The summed E-state index contributed by atoms with van der Waals surface area (Å²) in [5, 5.41) is 24.0. The van der Waals surface area contributed by atoms with Gasteiger partial charge in [0.1, 0.15) is 0 Å². The molecule has 2 N–H and O–H groups in total. The van der Waals surface area contributed by atoms with Gasteiger partial charge >= 0.3 is 5.69 Å². The molecule has 0 spiro atoms. The molecule has 0 aliphatic rings. The summed E-state index contributed by atoms with van der Waals surface area (Å²) in [4.78, 5) is 9.89. The number of phenols is 1. The molecule has 0 aliphatic heterocycles. The lowest BCUT2D eigenvalue weighted by Gasteiger charge is -1.99. The number of nitrogens with zero attached hydrogens (tertiary/aromatic N) is 2. The van der Waals surface area contributed by atoms with Crippen LogP contribution in [-0.2, 0) is 0 Å². The number of rotatable bonds is 4. The summed E-state index contributed by atoms with van der Waals surface area (Å²) in [6, 6.07) is 13.4. The van der Waals surface area contributed by atoms with Crippen molar-refractivity contribution in [3.8, 4) is 5.75 Å². The van der Waals surface area contributed by atoms with Gasteiger partial charge in [-0.3, -0.25) is 15.5 Å². The maximum absolute atomic E-state index is 10.5. The van der Waals surface area contributed by atoms with Crippen LogP contribution in [0.2, 0.25) is 0 Å². The van der Waals surface area contributed by atoms with Crippen LogP contribution in [0.15, 0.2) is 53.6 Å². The van der Waals surface area contributed by atoms with Gasteiger partial charge in [-0.15, -0.1) is 0 Å². The lowest BCUT2D eigenvalue weighted by Crippen LogP contribution is -1.92. The first-order valence-corrected chi connectivity index (χ1v) is 5.48. The number of nitrogens with one attached hydrogen (secondary N) is 1. The summed E-state index contributed by atoms with van der Waals surface area (Å²) in [7, 11) is 0. The minimum atomic E-state index is -0.640. The zero-order valence-corrected chi connectivity index (χ0v) is 9.85. The number of hydrogen-bond acceptors (Lipinski definition) is 5. The molecule has 0 aliphatic carbocycles. The normalized spacial score (nSPS) is 10.5. The Morgan fingerprint density at radius 3 is 2.58 bits per heavy atom. The predicted molar refractivity (Wildman–Crippen MR) is 72.4 cm³/mol. The second-order valence-electron chi connectivity index (χ2n) is 3.74. The Bertz CT molecular complexity index is 612. The molecule has 2 rings (SSSR count). The first kappa shape index (κ1) is 12.6. The molecule has 0 amide bonds. The third-order valence-electron chi connectivity index (χ3n) is 2.38. The van der Waals surface area contributed by atoms with E-state index in [0.717, 1.165) is 5.69 Å². The quantitative estimate of drug-likeness (QED) is 0.500. The Morgan fingerprint density at radius 1 is 1.21 bits per heavy atom. The molecule has 0 saturated heterocycles. The van der Waals surface area contributed by atoms with E-state index >= 15 is 0 Å². The van der Waals surface area contributed by atoms with E-state index in [2.05, 4.69) is 10.5 Å². The summed E-state index contributed by atoms with van der Waals surface area (Å²) in [5.74, 6) is -0.381. The van der Waals surface area contributed by atoms with Crippen LogP contribution in [0.25, 0.3) is 0 Å². The molecule has 2 aromatic rings. The molecule has 0 aromatic heterocycles. The van der Waals surface area contributed by atoms with Crippen molar-refractivity contribution in [3.05, 3.63) is 64.2 Å². The van der Waals surface area contributed by atoms with Gasteiger partial charge in [0.25, 0.3) is 0 Å². The fourth-order valence-corrected chi connectivity index (χ4v) is 1.47. The minimum absolute atomic E-state index is 0.326. The Morgan fingerprint density at radius 2 is 1.95 bits per heavy atom. The molecule has 0 fully saturated rings. The Hall–Kier alpha value is -2.89. The molecule has 6 heteroatoms. The lowest BCUT2D eigenvalue weighted by molar-refractivity contribution is -0.385. The van der Waals surface area contributed by atoms with E-state index in [-0.39, 0.29) is 11.4 Å². The maximum Gasteiger partial charge on any atom is 0.310 e. The molecule has 6 nitrogen and oxygen atoms in total. The van der Waals surface area contributed by atoms with Gasteiger partial charge in [0.15, 0.2) is 5.75 Å². The van der Waals surface area contributed by atoms with Gasteiger partial charge < -0.3 is 5.11 Å². The molecule has 96 valence electrons. The highest BCUT2D eigenvalue weighted by molar-refractivity contribution is 5.81. The maximum atomic E-state index is 10.5. The standard InChI is InChI=1S/C13H11N3O3/c17-13-8-10(6-7-12(13)16(18)19)9-14-15-11-4-2-1-3-5-11/h1-9,15,17H. The van der Waals surface area contributed by atoms with Crippen LogP contribution in [0, 0.1) is 10.1 Å². The average Bonchev–Trinajstić information content (AvgIpc) is 2.39. The number of para-hydroxylation sites is 1. The van der Waals surface area contributed by atoms with Crippen molar-refractivity contribution in [1.82, 2.24) is 0 Å². The van der Waals surface area contributed by atoms with Gasteiger partial charge in [-0.1, -0.05) is 18.2 Å². The van der Waals surface area contributed by atoms with E-state index < -0.39 is 4.92 Å². The molecular formula is C13H11N3O3. The first-order chi connectivity index (χ1) is 9.16. The zero-order valence-electron chi connectivity index (χ0n) is 9.85. The summed E-state index contributed by atoms with van der Waals surface area (Å²) >= 11 is 0. The van der Waals surface area contributed by atoms with E-state index in [1.54, 1.807) is 0 Å². The number of hydrazone groups is 1. The minimum Gasteiger partial charge on any atom is -0.502 e. The highest BCUT2D eigenvalue weighted by atomic mass is 16.6. The summed E-state index contributed by atoms with van der Waals surface area (Å²) in [5.41, 5.74) is 3.86. The fourth-order valence-electron chi connectivity index (χ4n) is 1.47. The number of nitro benzene ring substituents is 1. The van der Waals surface area contributed by atoms with Crippen molar-refractivity contribution in [1.29, 1.82) is 0 Å². The van der Waals surface area contributed by atoms with Crippen LogP contribution in [0.1, 0.15) is 5.56 Å². The van der Waals surface area contributed by atoms with Crippen LogP contribution >= 0.6 is 0 Å². The van der Waals surface area contributed by atoms with Crippen LogP contribution in [-0.4, -0.2) is 16.2 Å². The van der Waals surface area contributed by atoms with Crippen molar-refractivity contribution < 1.29 is 10.0 Å². The number of anilines is 1. The zero-order chi connectivity index (χ0) is 13.7. The molecular weight excluding hydrogens is 246 g/mol. The van der Waals surface area contributed by atoms with Crippen LogP contribution in [0.4, 0.5) is 11.4 Å². The van der Waals surface area contributed by atoms with Gasteiger partial charge in [-0.25, -0.2) is 0 Å². The highest BCUT2D eigenvalue weighted by Gasteiger charge is 2.11. The van der Waals surface area contributed by atoms with Crippen molar-refractivity contribution in [3.63, 3.8) is 0 Å². The molecule has 0 saturated carbocycles. The third-order valence-corrected chi connectivity index (χ3v) is 2.38. The van der Waals surface area contributed by atoms with Crippen molar-refractivity contribution in [2.75, 3.05) is 5.43 Å². The van der Waals surface area contributed by atoms with E-state index in [1.807, 2.05) is 30.3 Å². The van der Waals surface area contributed by atoms with Gasteiger partial charge in [0.2, 0.25) is 0 Å². The molecule has 0 radical (unpaired) electrons. The number of benzene rings is 2. The van der Waals surface area contributed by atoms with Gasteiger partial charge in [0.05, 0.1) is 16.8 Å². The average molecular weight is 257 g/mol. The second kappa shape index (κ2) is 5.63. The van der Waals surface area contributed by atoms with E-state index in [4.69, 9.17) is 0 Å². The highest BCUT2D eigenvalue weighted by Crippen LogP contribution is 2.25. The Labute approximate surface area is 109 Å². The summed E-state index contributed by atoms with van der Waals surface area (Å²) in [6.45, 7) is 0. The van der Waals surface area contributed by atoms with Crippen molar-refractivity contribution >= 4 is 17.6 Å². The van der Waals surface area contributed by atoms with Crippen molar-refractivity contribution in [2.45, 2.75) is 0 Å². The number of hydrogen-bond donors (Lipinski definition) is 2. The number of aromatic hydroxyl groups is 1. The van der Waals surface area contributed by atoms with Crippen LogP contribution < -0.4 is 5.43 Å².